The fourth-order valence-corrected chi connectivity index (χ4v) is 3.05. The number of piperidine rings is 1. The van der Waals surface area contributed by atoms with Crippen molar-refractivity contribution in [1.82, 2.24) is 19.4 Å². The molecule has 0 aliphatic carbocycles. The molecule has 0 bridgehead atoms. The van der Waals surface area contributed by atoms with Crippen LogP contribution in [-0.4, -0.2) is 64.1 Å². The number of ether oxygens (including phenoxy) is 1. The fraction of sp³-hybridized carbons (Fsp3) is 0.688. The monoisotopic (exact) mass is 337 g/mol. The number of rotatable bonds is 5. The van der Waals surface area contributed by atoms with Gasteiger partial charge in [0.25, 0.3) is 0 Å². The van der Waals surface area contributed by atoms with Crippen molar-refractivity contribution in [2.24, 2.45) is 0 Å². The molecule has 134 valence electrons. The van der Waals surface area contributed by atoms with E-state index < -0.39 is 5.97 Å². The van der Waals surface area contributed by atoms with E-state index >= 15 is 0 Å². The number of esters is 1. The summed E-state index contributed by atoms with van der Waals surface area (Å²) in [7, 11) is 0. The average molecular weight is 337 g/mol. The predicted octanol–water partition coefficient (Wildman–Crippen LogP) is 1.74. The van der Waals surface area contributed by atoms with Gasteiger partial charge in [0.2, 0.25) is 0 Å². The van der Waals surface area contributed by atoms with E-state index in [9.17, 15) is 9.59 Å². The van der Waals surface area contributed by atoms with Gasteiger partial charge >= 0.3 is 12.0 Å². The van der Waals surface area contributed by atoms with Crippen LogP contribution < -0.4 is 5.73 Å². The molecule has 1 aromatic heterocycles. The highest BCUT2D eigenvalue weighted by atomic mass is 16.5. The molecule has 8 heteroatoms. The average Bonchev–Trinajstić information content (AvgIpc) is 2.98. The molecule has 24 heavy (non-hydrogen) atoms. The first-order valence-corrected chi connectivity index (χ1v) is 8.56. The number of anilines is 1. The Morgan fingerprint density at radius 3 is 2.46 bits per heavy atom. The second-order valence-electron chi connectivity index (χ2n) is 5.78. The largest absolute Gasteiger partial charge is 0.461 e. The molecular formula is C16H27N5O3. The lowest BCUT2D eigenvalue weighted by Crippen LogP contribution is -2.46. The van der Waals surface area contributed by atoms with Gasteiger partial charge in [-0.1, -0.05) is 0 Å². The minimum atomic E-state index is -0.497. The number of aromatic nitrogens is 2. The summed E-state index contributed by atoms with van der Waals surface area (Å²) in [6.07, 6.45) is 3.17. The number of nitrogens with two attached hydrogens (primary N) is 1. The van der Waals surface area contributed by atoms with E-state index in [-0.39, 0.29) is 24.4 Å². The molecule has 1 saturated heterocycles. The highest BCUT2D eigenvalue weighted by molar-refractivity contribution is 5.92. The number of urea groups is 1. The number of carbonyl (C=O) groups excluding carboxylic acids is 2. The first-order valence-electron chi connectivity index (χ1n) is 8.56. The molecule has 1 fully saturated rings. The van der Waals surface area contributed by atoms with Crippen LogP contribution >= 0.6 is 0 Å². The summed E-state index contributed by atoms with van der Waals surface area (Å²) in [4.78, 5) is 32.0. The lowest BCUT2D eigenvalue weighted by atomic mass is 10.1. The van der Waals surface area contributed by atoms with Crippen LogP contribution in [0.5, 0.6) is 0 Å². The zero-order valence-electron chi connectivity index (χ0n) is 14.7. The minimum Gasteiger partial charge on any atom is -0.461 e. The Morgan fingerprint density at radius 2 is 1.92 bits per heavy atom. The van der Waals surface area contributed by atoms with Gasteiger partial charge in [-0.3, -0.25) is 0 Å². The van der Waals surface area contributed by atoms with Crippen molar-refractivity contribution in [3.63, 3.8) is 0 Å². The second kappa shape index (κ2) is 8.03. The van der Waals surface area contributed by atoms with E-state index in [1.165, 1.54) is 0 Å². The Balaban J connectivity index is 2.00. The Hall–Kier alpha value is -2.25. The van der Waals surface area contributed by atoms with Crippen LogP contribution in [-0.2, 0) is 4.74 Å². The summed E-state index contributed by atoms with van der Waals surface area (Å²) >= 11 is 0. The standard InChI is InChI=1S/C16H27N5O3/c1-4-19(5-2)16(23)20-9-7-12(8-10-20)21-11-18-13(14(21)17)15(22)24-6-3/h11-12H,4-10,17H2,1-3H3. The molecule has 1 aliphatic rings. The third-order valence-corrected chi connectivity index (χ3v) is 4.46. The number of hydrogen-bond donors (Lipinski definition) is 1. The van der Waals surface area contributed by atoms with Crippen molar-refractivity contribution in [3.05, 3.63) is 12.0 Å². The van der Waals surface area contributed by atoms with E-state index in [1.807, 2.05) is 28.2 Å². The normalized spacial score (nSPS) is 15.4. The lowest BCUT2D eigenvalue weighted by molar-refractivity contribution is 0.0521. The molecule has 2 N–H and O–H groups in total. The van der Waals surface area contributed by atoms with Gasteiger partial charge in [0.1, 0.15) is 5.82 Å². The molecule has 0 spiro atoms. The molecule has 2 rings (SSSR count). The third kappa shape index (κ3) is 3.63. The van der Waals surface area contributed by atoms with Gasteiger partial charge in [-0.05, 0) is 33.6 Å². The first-order chi connectivity index (χ1) is 11.5. The maximum atomic E-state index is 12.4. The fourth-order valence-electron chi connectivity index (χ4n) is 3.05. The lowest BCUT2D eigenvalue weighted by Gasteiger charge is -2.35. The van der Waals surface area contributed by atoms with Crippen molar-refractivity contribution >= 4 is 17.8 Å². The maximum absolute atomic E-state index is 12.4. The predicted molar refractivity (Wildman–Crippen MR) is 90.8 cm³/mol. The zero-order chi connectivity index (χ0) is 17.7. The smallest absolute Gasteiger partial charge is 0.360 e. The molecule has 8 nitrogen and oxygen atoms in total. The summed E-state index contributed by atoms with van der Waals surface area (Å²) < 4.78 is 6.78. The van der Waals surface area contributed by atoms with Crippen LogP contribution in [0.25, 0.3) is 0 Å². The first kappa shape index (κ1) is 18.1. The van der Waals surface area contributed by atoms with Crippen molar-refractivity contribution in [3.8, 4) is 0 Å². The number of imidazole rings is 1. The molecule has 0 saturated carbocycles. The number of nitrogens with zero attached hydrogens (tertiary/aromatic N) is 4. The topological polar surface area (TPSA) is 93.7 Å². The molecule has 1 aliphatic heterocycles. The van der Waals surface area contributed by atoms with E-state index in [0.29, 0.717) is 32.0 Å². The third-order valence-electron chi connectivity index (χ3n) is 4.46. The molecule has 0 atom stereocenters. The van der Waals surface area contributed by atoms with Crippen molar-refractivity contribution < 1.29 is 14.3 Å². The molecule has 0 aromatic carbocycles. The number of carbonyl (C=O) groups is 2. The van der Waals surface area contributed by atoms with Gasteiger partial charge in [-0.2, -0.15) is 0 Å². The van der Waals surface area contributed by atoms with Gasteiger partial charge < -0.3 is 24.8 Å². The van der Waals surface area contributed by atoms with Crippen LogP contribution in [0, 0.1) is 0 Å². The van der Waals surface area contributed by atoms with E-state index in [4.69, 9.17) is 10.5 Å². The quantitative estimate of drug-likeness (QED) is 0.826. The van der Waals surface area contributed by atoms with Crippen molar-refractivity contribution in [2.45, 2.75) is 39.7 Å². The molecule has 2 amide bonds. The molecule has 1 aromatic rings. The second-order valence-corrected chi connectivity index (χ2v) is 5.78. The van der Waals surface area contributed by atoms with E-state index in [0.717, 1.165) is 12.8 Å². The molecule has 0 radical (unpaired) electrons. The number of hydrogen-bond acceptors (Lipinski definition) is 5. The number of nitrogen functional groups attached to an aromatic ring is 1. The zero-order valence-corrected chi connectivity index (χ0v) is 14.7. The Bertz CT molecular complexity index is 574. The summed E-state index contributed by atoms with van der Waals surface area (Å²) in [5, 5.41) is 0. The SMILES string of the molecule is CCOC(=O)c1ncn(C2CCN(C(=O)N(CC)CC)CC2)c1N. The Labute approximate surface area is 142 Å². The summed E-state index contributed by atoms with van der Waals surface area (Å²) in [5.41, 5.74) is 6.23. The Morgan fingerprint density at radius 1 is 1.29 bits per heavy atom. The number of likely N-dealkylation sites (tertiary alicyclic amines) is 1. The molecule has 2 heterocycles. The van der Waals surface area contributed by atoms with E-state index in [1.54, 1.807) is 13.3 Å². The van der Waals surface area contributed by atoms with Crippen LogP contribution in [0.2, 0.25) is 0 Å². The van der Waals surface area contributed by atoms with Crippen LogP contribution in [0.15, 0.2) is 6.33 Å². The van der Waals surface area contributed by atoms with Gasteiger partial charge in [0, 0.05) is 32.2 Å². The van der Waals surface area contributed by atoms with Crippen molar-refractivity contribution in [2.75, 3.05) is 38.5 Å². The number of amides is 2. The van der Waals surface area contributed by atoms with Gasteiger partial charge in [-0.25, -0.2) is 14.6 Å². The highest BCUT2D eigenvalue weighted by Crippen LogP contribution is 2.27. The van der Waals surface area contributed by atoms with Crippen LogP contribution in [0.1, 0.15) is 50.1 Å². The van der Waals surface area contributed by atoms with Gasteiger partial charge in [0.15, 0.2) is 5.69 Å². The summed E-state index contributed by atoms with van der Waals surface area (Å²) in [6.45, 7) is 8.77. The summed E-state index contributed by atoms with van der Waals surface area (Å²) in [5.74, 6) is -0.162. The maximum Gasteiger partial charge on any atom is 0.360 e. The Kier molecular flexibility index (Phi) is 6.05. The molecule has 0 unspecified atom stereocenters. The van der Waals surface area contributed by atoms with Crippen molar-refractivity contribution in [1.29, 1.82) is 0 Å². The molecular weight excluding hydrogens is 310 g/mol. The van der Waals surface area contributed by atoms with Gasteiger partial charge in [-0.15, -0.1) is 0 Å². The summed E-state index contributed by atoms with van der Waals surface area (Å²) in [6, 6.07) is 0.227. The van der Waals surface area contributed by atoms with E-state index in [2.05, 4.69) is 4.98 Å². The minimum absolute atomic E-state index is 0.0873. The van der Waals surface area contributed by atoms with Crippen LogP contribution in [0.3, 0.4) is 0 Å². The highest BCUT2D eigenvalue weighted by Gasteiger charge is 2.28. The van der Waals surface area contributed by atoms with Gasteiger partial charge in [0.05, 0.1) is 12.9 Å². The van der Waals surface area contributed by atoms with Crippen LogP contribution in [0.4, 0.5) is 10.6 Å².